The molecule has 1 aliphatic carbocycles. The lowest BCUT2D eigenvalue weighted by atomic mass is 9.90. The Balaban J connectivity index is 2.23. The summed E-state index contributed by atoms with van der Waals surface area (Å²) < 4.78 is 1.11. The van der Waals surface area contributed by atoms with Crippen molar-refractivity contribution in [2.24, 2.45) is 5.73 Å². The Hall–Kier alpha value is -0.600. The van der Waals surface area contributed by atoms with Crippen LogP contribution in [0.1, 0.15) is 37.3 Å². The summed E-state index contributed by atoms with van der Waals surface area (Å²) in [6.45, 7) is 0. The Morgan fingerprint density at radius 2 is 2.00 bits per heavy atom. The molecule has 80 valence electrons. The highest BCUT2D eigenvalue weighted by Gasteiger charge is 2.15. The topological polar surface area (TPSA) is 26.0 Å². The van der Waals surface area contributed by atoms with Gasteiger partial charge >= 0.3 is 0 Å². The minimum atomic E-state index is 0.0703. The van der Waals surface area contributed by atoms with Gasteiger partial charge in [-0.2, -0.15) is 0 Å². The predicted molar refractivity (Wildman–Crippen MR) is 67.6 cm³/mol. The molecular weight excluding hydrogens is 250 g/mol. The summed E-state index contributed by atoms with van der Waals surface area (Å²) in [6.07, 6.45) is 7.25. The lowest BCUT2D eigenvalue weighted by molar-refractivity contribution is 0.647. The van der Waals surface area contributed by atoms with Crippen molar-refractivity contribution in [1.82, 2.24) is 0 Å². The van der Waals surface area contributed by atoms with Crippen molar-refractivity contribution in [1.29, 1.82) is 0 Å². The Kier molecular flexibility index (Phi) is 3.60. The number of hydrogen-bond donors (Lipinski definition) is 1. The van der Waals surface area contributed by atoms with Crippen molar-refractivity contribution in [3.8, 4) is 0 Å². The Morgan fingerprint density at radius 3 is 2.67 bits per heavy atom. The van der Waals surface area contributed by atoms with Gasteiger partial charge in [0.25, 0.3) is 0 Å². The van der Waals surface area contributed by atoms with Crippen LogP contribution in [0.4, 0.5) is 0 Å². The molecule has 1 aliphatic rings. The average Bonchev–Trinajstić information content (AvgIpc) is 2.30. The highest BCUT2D eigenvalue weighted by molar-refractivity contribution is 9.10. The number of halogens is 1. The van der Waals surface area contributed by atoms with E-state index in [-0.39, 0.29) is 6.04 Å². The minimum Gasteiger partial charge on any atom is -0.321 e. The molecule has 0 fully saturated rings. The lowest BCUT2D eigenvalue weighted by Crippen LogP contribution is -2.15. The fourth-order valence-corrected chi connectivity index (χ4v) is 2.60. The molecule has 1 unspecified atom stereocenters. The van der Waals surface area contributed by atoms with Gasteiger partial charge in [0.2, 0.25) is 0 Å². The van der Waals surface area contributed by atoms with Gasteiger partial charge in [-0.25, -0.2) is 0 Å². The summed E-state index contributed by atoms with van der Waals surface area (Å²) in [5, 5.41) is 0. The molecule has 0 saturated heterocycles. The van der Waals surface area contributed by atoms with Gasteiger partial charge in [-0.1, -0.05) is 45.8 Å². The second-order valence-corrected chi connectivity index (χ2v) is 4.88. The second-order valence-electron chi connectivity index (χ2n) is 4.02. The van der Waals surface area contributed by atoms with Crippen molar-refractivity contribution in [2.45, 2.75) is 31.7 Å². The van der Waals surface area contributed by atoms with Gasteiger partial charge in [-0.05, 0) is 37.3 Å². The molecule has 1 atom stereocenters. The van der Waals surface area contributed by atoms with E-state index in [0.29, 0.717) is 0 Å². The molecule has 1 aromatic carbocycles. The van der Waals surface area contributed by atoms with Gasteiger partial charge in [-0.3, -0.25) is 0 Å². The maximum absolute atomic E-state index is 6.27. The maximum atomic E-state index is 6.27. The number of benzene rings is 1. The van der Waals surface area contributed by atoms with Crippen LogP contribution in [0.25, 0.3) is 0 Å². The molecule has 1 nitrogen and oxygen atoms in total. The molecule has 0 spiro atoms. The van der Waals surface area contributed by atoms with Crippen LogP contribution in [0.2, 0.25) is 0 Å². The maximum Gasteiger partial charge on any atom is 0.0522 e. The number of rotatable bonds is 2. The first-order valence-corrected chi connectivity index (χ1v) is 6.27. The van der Waals surface area contributed by atoms with Crippen molar-refractivity contribution in [2.75, 3.05) is 0 Å². The van der Waals surface area contributed by atoms with E-state index in [1.165, 1.54) is 30.4 Å². The Labute approximate surface area is 99.5 Å². The monoisotopic (exact) mass is 265 g/mol. The highest BCUT2D eigenvalue weighted by Crippen LogP contribution is 2.31. The van der Waals surface area contributed by atoms with Crippen LogP contribution in [0.15, 0.2) is 40.4 Å². The summed E-state index contributed by atoms with van der Waals surface area (Å²) in [5.41, 5.74) is 8.87. The van der Waals surface area contributed by atoms with Gasteiger partial charge in [0.1, 0.15) is 0 Å². The molecule has 2 heteroatoms. The zero-order valence-corrected chi connectivity index (χ0v) is 10.3. The smallest absolute Gasteiger partial charge is 0.0522 e. The first kappa shape index (κ1) is 10.9. The first-order valence-electron chi connectivity index (χ1n) is 5.48. The van der Waals surface area contributed by atoms with E-state index < -0.39 is 0 Å². The van der Waals surface area contributed by atoms with Gasteiger partial charge in [0.05, 0.1) is 6.04 Å². The van der Waals surface area contributed by atoms with E-state index >= 15 is 0 Å². The van der Waals surface area contributed by atoms with Crippen LogP contribution in [-0.2, 0) is 0 Å². The standard InChI is InChI=1S/C13H16BrN/c14-12-9-5-4-8-11(12)13(15)10-6-2-1-3-7-10/h4-6,8-9,13H,1-3,7,15H2. The third-order valence-electron chi connectivity index (χ3n) is 2.97. The summed E-state index contributed by atoms with van der Waals surface area (Å²) in [5.74, 6) is 0. The SMILES string of the molecule is NC(C1=CCCCC1)c1ccccc1Br. The summed E-state index contributed by atoms with van der Waals surface area (Å²) in [4.78, 5) is 0. The molecule has 1 aromatic rings. The molecule has 0 saturated carbocycles. The molecule has 0 heterocycles. The molecular formula is C13H16BrN. The zero-order valence-electron chi connectivity index (χ0n) is 8.75. The summed E-state index contributed by atoms with van der Waals surface area (Å²) in [6, 6.07) is 8.29. The van der Waals surface area contributed by atoms with Crippen molar-refractivity contribution in [3.63, 3.8) is 0 Å². The summed E-state index contributed by atoms with van der Waals surface area (Å²) in [7, 11) is 0. The van der Waals surface area contributed by atoms with Crippen molar-refractivity contribution in [3.05, 3.63) is 46.0 Å². The molecule has 0 radical (unpaired) electrons. The van der Waals surface area contributed by atoms with Crippen LogP contribution >= 0.6 is 15.9 Å². The highest BCUT2D eigenvalue weighted by atomic mass is 79.9. The van der Waals surface area contributed by atoms with E-state index in [1.807, 2.05) is 12.1 Å². The first-order chi connectivity index (χ1) is 7.29. The minimum absolute atomic E-state index is 0.0703. The molecule has 2 N–H and O–H groups in total. The average molecular weight is 266 g/mol. The molecule has 0 aromatic heterocycles. The van der Waals surface area contributed by atoms with Gasteiger partial charge < -0.3 is 5.73 Å². The fraction of sp³-hybridized carbons (Fsp3) is 0.385. The zero-order chi connectivity index (χ0) is 10.7. The molecule has 0 bridgehead atoms. The second kappa shape index (κ2) is 4.95. The fourth-order valence-electron chi connectivity index (χ4n) is 2.07. The van der Waals surface area contributed by atoms with Crippen molar-refractivity contribution < 1.29 is 0 Å². The number of nitrogens with two attached hydrogens (primary N) is 1. The van der Waals surface area contributed by atoms with E-state index in [4.69, 9.17) is 5.73 Å². The van der Waals surface area contributed by atoms with E-state index in [9.17, 15) is 0 Å². The normalized spacial score (nSPS) is 18.4. The molecule has 2 rings (SSSR count). The quantitative estimate of drug-likeness (QED) is 0.806. The molecule has 15 heavy (non-hydrogen) atoms. The third kappa shape index (κ3) is 2.50. The van der Waals surface area contributed by atoms with Crippen LogP contribution < -0.4 is 5.73 Å². The molecule has 0 amide bonds. The van der Waals surface area contributed by atoms with Crippen LogP contribution in [0, 0.1) is 0 Å². The largest absolute Gasteiger partial charge is 0.321 e. The van der Waals surface area contributed by atoms with E-state index in [2.05, 4.69) is 34.1 Å². The van der Waals surface area contributed by atoms with Gasteiger partial charge in [0.15, 0.2) is 0 Å². The Bertz CT molecular complexity index is 371. The molecule has 0 aliphatic heterocycles. The summed E-state index contributed by atoms with van der Waals surface area (Å²) >= 11 is 3.56. The number of allylic oxidation sites excluding steroid dienone is 1. The van der Waals surface area contributed by atoms with Gasteiger partial charge in [0, 0.05) is 4.47 Å². The van der Waals surface area contributed by atoms with Gasteiger partial charge in [-0.15, -0.1) is 0 Å². The van der Waals surface area contributed by atoms with Crippen LogP contribution in [-0.4, -0.2) is 0 Å². The van der Waals surface area contributed by atoms with Crippen molar-refractivity contribution >= 4 is 15.9 Å². The van der Waals surface area contributed by atoms with Crippen LogP contribution in [0.5, 0.6) is 0 Å². The van der Waals surface area contributed by atoms with E-state index in [0.717, 1.165) is 10.9 Å². The van der Waals surface area contributed by atoms with E-state index in [1.54, 1.807) is 0 Å². The Morgan fingerprint density at radius 1 is 1.20 bits per heavy atom. The van der Waals surface area contributed by atoms with Crippen LogP contribution in [0.3, 0.4) is 0 Å². The third-order valence-corrected chi connectivity index (χ3v) is 3.69. The lowest BCUT2D eigenvalue weighted by Gasteiger charge is -2.20. The predicted octanol–water partition coefficient (Wildman–Crippen LogP) is 3.95. The number of hydrogen-bond acceptors (Lipinski definition) is 1.